The fourth-order valence-electron chi connectivity index (χ4n) is 2.54. The fraction of sp³-hybridized carbons (Fsp3) is 0.400. The van der Waals surface area contributed by atoms with Gasteiger partial charge in [-0.2, -0.15) is 0 Å². The van der Waals surface area contributed by atoms with Crippen molar-refractivity contribution < 1.29 is 27.4 Å². The number of ether oxygens (including phenoxy) is 2. The van der Waals surface area contributed by atoms with Crippen LogP contribution in [0.3, 0.4) is 0 Å². The SMILES string of the molecule is CC(=O)Nc1cc(-c2ccc(OCCCC(C)C)c(OC(F)(F)F)c2)ccn1. The van der Waals surface area contributed by atoms with E-state index >= 15 is 0 Å². The molecule has 1 aromatic carbocycles. The molecule has 0 atom stereocenters. The van der Waals surface area contributed by atoms with Crippen LogP contribution >= 0.6 is 0 Å². The minimum Gasteiger partial charge on any atom is -0.490 e. The molecule has 0 bridgehead atoms. The van der Waals surface area contributed by atoms with Gasteiger partial charge < -0.3 is 14.8 Å². The molecule has 2 rings (SSSR count). The van der Waals surface area contributed by atoms with E-state index in [4.69, 9.17) is 4.74 Å². The first-order valence-corrected chi connectivity index (χ1v) is 8.90. The van der Waals surface area contributed by atoms with Crippen LogP contribution in [0, 0.1) is 5.92 Å². The molecule has 0 saturated heterocycles. The molecule has 1 amide bonds. The predicted molar refractivity (Wildman–Crippen MR) is 100 cm³/mol. The molecule has 0 aliphatic rings. The smallest absolute Gasteiger partial charge is 0.490 e. The van der Waals surface area contributed by atoms with Crippen molar-refractivity contribution in [1.29, 1.82) is 0 Å². The quantitative estimate of drug-likeness (QED) is 0.605. The van der Waals surface area contributed by atoms with E-state index < -0.39 is 12.1 Å². The monoisotopic (exact) mass is 396 g/mol. The van der Waals surface area contributed by atoms with Crippen LogP contribution in [0.2, 0.25) is 0 Å². The molecule has 0 radical (unpaired) electrons. The fourth-order valence-corrected chi connectivity index (χ4v) is 2.54. The van der Waals surface area contributed by atoms with E-state index in [1.165, 1.54) is 25.3 Å². The van der Waals surface area contributed by atoms with Crippen molar-refractivity contribution in [2.75, 3.05) is 11.9 Å². The first kappa shape index (κ1) is 21.5. The number of nitrogens with one attached hydrogen (secondary N) is 1. The predicted octanol–water partition coefficient (Wildman–Crippen LogP) is 5.42. The van der Waals surface area contributed by atoms with Gasteiger partial charge in [0.05, 0.1) is 6.61 Å². The summed E-state index contributed by atoms with van der Waals surface area (Å²) in [5, 5.41) is 2.54. The zero-order valence-corrected chi connectivity index (χ0v) is 16.0. The highest BCUT2D eigenvalue weighted by Crippen LogP contribution is 2.36. The van der Waals surface area contributed by atoms with Gasteiger partial charge in [0.2, 0.25) is 5.91 Å². The Bertz CT molecular complexity index is 808. The molecule has 1 heterocycles. The summed E-state index contributed by atoms with van der Waals surface area (Å²) < 4.78 is 48.1. The van der Waals surface area contributed by atoms with E-state index in [-0.39, 0.29) is 11.7 Å². The Kier molecular flexibility index (Phi) is 7.25. The van der Waals surface area contributed by atoms with Crippen LogP contribution in [0.15, 0.2) is 36.5 Å². The summed E-state index contributed by atoms with van der Waals surface area (Å²) in [6.07, 6.45) is -1.73. The number of carbonyl (C=O) groups excluding carboxylic acids is 1. The van der Waals surface area contributed by atoms with Crippen molar-refractivity contribution in [3.8, 4) is 22.6 Å². The maximum absolute atomic E-state index is 12.8. The number of halogens is 3. The van der Waals surface area contributed by atoms with Gasteiger partial charge in [-0.25, -0.2) is 4.98 Å². The standard InChI is InChI=1S/C20H23F3N2O3/c1-13(2)5-4-10-27-17-7-6-15(11-18(17)28-20(21,22)23)16-8-9-24-19(12-16)25-14(3)26/h6-9,11-13H,4-5,10H2,1-3H3,(H,24,25,26). The number of carbonyl (C=O) groups is 1. The molecular weight excluding hydrogens is 373 g/mol. The largest absolute Gasteiger partial charge is 0.573 e. The Morgan fingerprint density at radius 2 is 1.86 bits per heavy atom. The number of anilines is 1. The Labute approximate surface area is 161 Å². The molecule has 0 unspecified atom stereocenters. The molecule has 5 nitrogen and oxygen atoms in total. The van der Waals surface area contributed by atoms with Gasteiger partial charge in [-0.15, -0.1) is 13.2 Å². The van der Waals surface area contributed by atoms with Gasteiger partial charge in [0.1, 0.15) is 5.82 Å². The van der Waals surface area contributed by atoms with Crippen molar-refractivity contribution >= 4 is 11.7 Å². The molecule has 1 N–H and O–H groups in total. The van der Waals surface area contributed by atoms with Crippen LogP contribution in [0.25, 0.3) is 11.1 Å². The minimum absolute atomic E-state index is 0.0287. The second-order valence-electron chi connectivity index (χ2n) is 6.70. The third-order valence-corrected chi connectivity index (χ3v) is 3.75. The zero-order chi connectivity index (χ0) is 20.7. The van der Waals surface area contributed by atoms with Crippen LogP contribution in [-0.4, -0.2) is 23.9 Å². The lowest BCUT2D eigenvalue weighted by molar-refractivity contribution is -0.275. The first-order chi connectivity index (χ1) is 13.1. The van der Waals surface area contributed by atoms with E-state index in [9.17, 15) is 18.0 Å². The molecular formula is C20H23F3N2O3. The summed E-state index contributed by atoms with van der Waals surface area (Å²) in [5.74, 6) is 0.114. The van der Waals surface area contributed by atoms with Crippen molar-refractivity contribution in [1.82, 2.24) is 4.98 Å². The molecule has 0 aliphatic heterocycles. The highest BCUT2D eigenvalue weighted by molar-refractivity contribution is 5.88. The summed E-state index contributed by atoms with van der Waals surface area (Å²) in [5.41, 5.74) is 1.06. The van der Waals surface area contributed by atoms with Crippen LogP contribution in [0.5, 0.6) is 11.5 Å². The maximum Gasteiger partial charge on any atom is 0.573 e. The highest BCUT2D eigenvalue weighted by atomic mass is 19.4. The number of benzene rings is 1. The van der Waals surface area contributed by atoms with Gasteiger partial charge in [0.15, 0.2) is 11.5 Å². The van der Waals surface area contributed by atoms with E-state index in [1.54, 1.807) is 18.2 Å². The number of aromatic nitrogens is 1. The summed E-state index contributed by atoms with van der Waals surface area (Å²) in [6.45, 7) is 5.77. The van der Waals surface area contributed by atoms with E-state index in [1.807, 2.05) is 0 Å². The normalized spacial score (nSPS) is 11.4. The number of amides is 1. The maximum atomic E-state index is 12.8. The second kappa shape index (κ2) is 9.43. The molecule has 152 valence electrons. The van der Waals surface area contributed by atoms with Gasteiger partial charge in [0.25, 0.3) is 0 Å². The van der Waals surface area contributed by atoms with Crippen molar-refractivity contribution in [2.24, 2.45) is 5.92 Å². The van der Waals surface area contributed by atoms with Gasteiger partial charge in [-0.05, 0) is 54.2 Å². The Morgan fingerprint density at radius 1 is 1.14 bits per heavy atom. The summed E-state index contributed by atoms with van der Waals surface area (Å²) >= 11 is 0. The first-order valence-electron chi connectivity index (χ1n) is 8.90. The summed E-state index contributed by atoms with van der Waals surface area (Å²) in [6, 6.07) is 7.54. The average Bonchev–Trinajstić information content (AvgIpc) is 2.58. The second-order valence-corrected chi connectivity index (χ2v) is 6.70. The third kappa shape index (κ3) is 7.09. The van der Waals surface area contributed by atoms with E-state index in [0.29, 0.717) is 29.5 Å². The highest BCUT2D eigenvalue weighted by Gasteiger charge is 2.32. The van der Waals surface area contributed by atoms with Crippen LogP contribution in [-0.2, 0) is 4.79 Å². The number of hydrogen-bond donors (Lipinski definition) is 1. The zero-order valence-electron chi connectivity index (χ0n) is 16.0. The molecule has 8 heteroatoms. The minimum atomic E-state index is -4.84. The number of alkyl halides is 3. The van der Waals surface area contributed by atoms with Crippen LogP contribution in [0.1, 0.15) is 33.6 Å². The molecule has 0 fully saturated rings. The molecule has 1 aromatic heterocycles. The Hall–Kier alpha value is -2.77. The summed E-state index contributed by atoms with van der Waals surface area (Å²) in [7, 11) is 0. The van der Waals surface area contributed by atoms with E-state index in [2.05, 4.69) is 28.9 Å². The lowest BCUT2D eigenvalue weighted by Crippen LogP contribution is -2.18. The van der Waals surface area contributed by atoms with Gasteiger partial charge in [0, 0.05) is 13.1 Å². The van der Waals surface area contributed by atoms with Crippen molar-refractivity contribution in [3.63, 3.8) is 0 Å². The number of pyridine rings is 1. The molecule has 2 aromatic rings. The van der Waals surface area contributed by atoms with Crippen molar-refractivity contribution in [2.45, 2.75) is 40.0 Å². The molecule has 28 heavy (non-hydrogen) atoms. The molecule has 0 spiro atoms. The lowest BCUT2D eigenvalue weighted by atomic mass is 10.1. The number of nitrogens with zero attached hydrogens (tertiary/aromatic N) is 1. The molecule has 0 aliphatic carbocycles. The van der Waals surface area contributed by atoms with Gasteiger partial charge in [-0.1, -0.05) is 19.9 Å². The topological polar surface area (TPSA) is 60.5 Å². The number of rotatable bonds is 8. The summed E-state index contributed by atoms with van der Waals surface area (Å²) in [4.78, 5) is 15.2. The van der Waals surface area contributed by atoms with Gasteiger partial charge in [-0.3, -0.25) is 4.79 Å². The number of hydrogen-bond acceptors (Lipinski definition) is 4. The average molecular weight is 396 g/mol. The third-order valence-electron chi connectivity index (χ3n) is 3.75. The van der Waals surface area contributed by atoms with Crippen molar-refractivity contribution in [3.05, 3.63) is 36.5 Å². The van der Waals surface area contributed by atoms with Crippen LogP contribution < -0.4 is 14.8 Å². The lowest BCUT2D eigenvalue weighted by Gasteiger charge is -2.16. The Morgan fingerprint density at radius 3 is 2.50 bits per heavy atom. The van der Waals surface area contributed by atoms with Gasteiger partial charge >= 0.3 is 6.36 Å². The van der Waals surface area contributed by atoms with E-state index in [0.717, 1.165) is 12.8 Å². The molecule has 0 saturated carbocycles. The Balaban J connectivity index is 2.26. The van der Waals surface area contributed by atoms with Crippen LogP contribution in [0.4, 0.5) is 19.0 Å².